The van der Waals surface area contributed by atoms with Crippen molar-refractivity contribution >= 4 is 11.6 Å². The molecular formula is C11H8N2O. The fraction of sp³-hybridized carbons (Fsp3) is 0.273. The summed E-state index contributed by atoms with van der Waals surface area (Å²) >= 11 is 0. The number of carbonyl (C=O) groups excluding carboxylic acids is 1. The number of fused-ring (bicyclic) bond motifs is 2. The number of nitrogens with zero attached hydrogens (tertiary/aromatic N) is 1. The zero-order valence-electron chi connectivity index (χ0n) is 7.50. The molecule has 2 aliphatic rings. The molecule has 3 rings (SSSR count). The third-order valence-electron chi connectivity index (χ3n) is 3.10. The zero-order valence-corrected chi connectivity index (χ0v) is 7.50. The van der Waals surface area contributed by atoms with Gasteiger partial charge in [-0.15, -0.1) is 0 Å². The molecule has 1 heterocycles. The van der Waals surface area contributed by atoms with Crippen LogP contribution in [0, 0.1) is 11.3 Å². The third kappa shape index (κ3) is 0.734. The number of nitrogens with one attached hydrogen (secondary N) is 1. The molecule has 0 atom stereocenters. The maximum atomic E-state index is 11.6. The largest absolute Gasteiger partial charge is 0.325 e. The highest BCUT2D eigenvalue weighted by atomic mass is 16.2. The average Bonchev–Trinajstić information content (AvgIpc) is 2.94. The lowest BCUT2D eigenvalue weighted by atomic mass is 9.96. The van der Waals surface area contributed by atoms with E-state index < -0.39 is 0 Å². The fourth-order valence-electron chi connectivity index (χ4n) is 2.10. The van der Waals surface area contributed by atoms with Crippen LogP contribution in [0.3, 0.4) is 0 Å². The Bertz CT molecular complexity index is 481. The number of nitriles is 1. The summed E-state index contributed by atoms with van der Waals surface area (Å²) in [7, 11) is 0. The maximum Gasteiger partial charge on any atom is 0.235 e. The van der Waals surface area contributed by atoms with E-state index in [1.54, 1.807) is 6.07 Å². The van der Waals surface area contributed by atoms with Gasteiger partial charge < -0.3 is 5.32 Å². The van der Waals surface area contributed by atoms with Gasteiger partial charge in [-0.1, -0.05) is 0 Å². The minimum Gasteiger partial charge on any atom is -0.325 e. The summed E-state index contributed by atoms with van der Waals surface area (Å²) in [5.74, 6) is 0.0996. The van der Waals surface area contributed by atoms with Crippen molar-refractivity contribution in [1.82, 2.24) is 0 Å². The molecule has 1 aromatic carbocycles. The molecule has 0 radical (unpaired) electrons. The van der Waals surface area contributed by atoms with Crippen LogP contribution in [0.15, 0.2) is 18.2 Å². The van der Waals surface area contributed by atoms with Gasteiger partial charge in [-0.3, -0.25) is 4.79 Å². The van der Waals surface area contributed by atoms with E-state index in [2.05, 4.69) is 11.4 Å². The second kappa shape index (κ2) is 2.16. The van der Waals surface area contributed by atoms with Gasteiger partial charge in [-0.05, 0) is 36.6 Å². The van der Waals surface area contributed by atoms with Gasteiger partial charge in [-0.2, -0.15) is 5.26 Å². The fourth-order valence-corrected chi connectivity index (χ4v) is 2.10. The van der Waals surface area contributed by atoms with E-state index in [1.807, 2.05) is 12.1 Å². The van der Waals surface area contributed by atoms with Gasteiger partial charge in [0.05, 0.1) is 17.0 Å². The Morgan fingerprint density at radius 3 is 2.86 bits per heavy atom. The van der Waals surface area contributed by atoms with Gasteiger partial charge in [0.2, 0.25) is 5.91 Å². The molecule has 1 N–H and O–H groups in total. The molecule has 0 saturated heterocycles. The van der Waals surface area contributed by atoms with Crippen molar-refractivity contribution in [3.05, 3.63) is 29.3 Å². The van der Waals surface area contributed by atoms with Crippen molar-refractivity contribution in [1.29, 1.82) is 5.26 Å². The topological polar surface area (TPSA) is 52.9 Å². The lowest BCUT2D eigenvalue weighted by molar-refractivity contribution is -0.117. The molecule has 1 aliphatic heterocycles. The van der Waals surface area contributed by atoms with Crippen LogP contribution in [0.5, 0.6) is 0 Å². The normalized spacial score (nSPS) is 20.1. The number of carbonyl (C=O) groups is 1. The van der Waals surface area contributed by atoms with Crippen molar-refractivity contribution in [2.75, 3.05) is 5.32 Å². The van der Waals surface area contributed by atoms with Crippen molar-refractivity contribution < 1.29 is 4.79 Å². The molecular weight excluding hydrogens is 176 g/mol. The third-order valence-corrected chi connectivity index (χ3v) is 3.10. The molecule has 1 spiro atoms. The highest BCUT2D eigenvalue weighted by Crippen LogP contribution is 2.55. The predicted octanol–water partition coefficient (Wildman–Crippen LogP) is 1.54. The summed E-state index contributed by atoms with van der Waals surface area (Å²) in [6.45, 7) is 0. The average molecular weight is 184 g/mol. The summed E-state index contributed by atoms with van der Waals surface area (Å²) in [6.07, 6.45) is 1.83. The molecule has 0 aromatic heterocycles. The van der Waals surface area contributed by atoms with Gasteiger partial charge >= 0.3 is 0 Å². The first-order valence-corrected chi connectivity index (χ1v) is 4.62. The van der Waals surface area contributed by atoms with Gasteiger partial charge in [0, 0.05) is 5.69 Å². The van der Waals surface area contributed by atoms with E-state index in [-0.39, 0.29) is 11.3 Å². The molecule has 1 amide bonds. The molecule has 3 heteroatoms. The Morgan fingerprint density at radius 2 is 2.21 bits per heavy atom. The highest BCUT2D eigenvalue weighted by Gasteiger charge is 2.56. The highest BCUT2D eigenvalue weighted by molar-refractivity contribution is 6.08. The number of hydrogen-bond acceptors (Lipinski definition) is 2. The van der Waals surface area contributed by atoms with Crippen LogP contribution in [-0.4, -0.2) is 5.91 Å². The monoisotopic (exact) mass is 184 g/mol. The van der Waals surface area contributed by atoms with Crippen LogP contribution in [-0.2, 0) is 10.2 Å². The minimum atomic E-state index is -0.276. The Hall–Kier alpha value is -1.82. The maximum absolute atomic E-state index is 11.6. The van der Waals surface area contributed by atoms with E-state index in [1.165, 1.54) is 0 Å². The minimum absolute atomic E-state index is 0.0996. The van der Waals surface area contributed by atoms with Crippen LogP contribution in [0.4, 0.5) is 5.69 Å². The first-order valence-electron chi connectivity index (χ1n) is 4.62. The lowest BCUT2D eigenvalue weighted by Gasteiger charge is -2.03. The Morgan fingerprint density at radius 1 is 1.43 bits per heavy atom. The van der Waals surface area contributed by atoms with E-state index >= 15 is 0 Å². The second-order valence-corrected chi connectivity index (χ2v) is 3.91. The molecule has 1 aromatic rings. The number of rotatable bonds is 0. The van der Waals surface area contributed by atoms with E-state index in [0.717, 1.165) is 24.1 Å². The van der Waals surface area contributed by atoms with Crippen molar-refractivity contribution in [3.8, 4) is 6.07 Å². The lowest BCUT2D eigenvalue weighted by Crippen LogP contribution is -2.18. The molecule has 1 fully saturated rings. The smallest absolute Gasteiger partial charge is 0.235 e. The molecule has 14 heavy (non-hydrogen) atoms. The second-order valence-electron chi connectivity index (χ2n) is 3.91. The van der Waals surface area contributed by atoms with Gasteiger partial charge in [0.25, 0.3) is 0 Å². The van der Waals surface area contributed by atoms with Crippen LogP contribution in [0.1, 0.15) is 24.0 Å². The van der Waals surface area contributed by atoms with Crippen molar-refractivity contribution in [2.45, 2.75) is 18.3 Å². The summed E-state index contributed by atoms with van der Waals surface area (Å²) in [5.41, 5.74) is 2.25. The molecule has 3 nitrogen and oxygen atoms in total. The number of amides is 1. The van der Waals surface area contributed by atoms with Gasteiger partial charge in [0.15, 0.2) is 0 Å². The van der Waals surface area contributed by atoms with Crippen LogP contribution >= 0.6 is 0 Å². The molecule has 1 saturated carbocycles. The number of anilines is 1. The number of hydrogen-bond donors (Lipinski definition) is 1. The Balaban J connectivity index is 2.22. The molecule has 0 unspecified atom stereocenters. The van der Waals surface area contributed by atoms with Crippen molar-refractivity contribution in [2.24, 2.45) is 0 Å². The molecule has 68 valence electrons. The SMILES string of the molecule is N#Cc1ccc2c(c1)C1(CC1)C(=O)N2. The Kier molecular flexibility index (Phi) is 1.17. The Labute approximate surface area is 81.3 Å². The van der Waals surface area contributed by atoms with Gasteiger partial charge in [-0.25, -0.2) is 0 Å². The summed E-state index contributed by atoms with van der Waals surface area (Å²) < 4.78 is 0. The quantitative estimate of drug-likeness (QED) is 0.665. The number of benzene rings is 1. The predicted molar refractivity (Wildman–Crippen MR) is 50.7 cm³/mol. The molecule has 0 bridgehead atoms. The van der Waals surface area contributed by atoms with Crippen LogP contribution in [0.2, 0.25) is 0 Å². The zero-order chi connectivity index (χ0) is 9.76. The van der Waals surface area contributed by atoms with Crippen LogP contribution < -0.4 is 5.32 Å². The van der Waals surface area contributed by atoms with Crippen molar-refractivity contribution in [3.63, 3.8) is 0 Å². The van der Waals surface area contributed by atoms with E-state index in [0.29, 0.717) is 5.56 Å². The summed E-state index contributed by atoms with van der Waals surface area (Å²) in [6, 6.07) is 7.49. The van der Waals surface area contributed by atoms with Gasteiger partial charge in [0.1, 0.15) is 0 Å². The summed E-state index contributed by atoms with van der Waals surface area (Å²) in [5, 5.41) is 11.6. The van der Waals surface area contributed by atoms with E-state index in [4.69, 9.17) is 5.26 Å². The first-order chi connectivity index (χ1) is 6.76. The molecule has 1 aliphatic carbocycles. The van der Waals surface area contributed by atoms with Crippen LogP contribution in [0.25, 0.3) is 0 Å². The first kappa shape index (κ1) is 7.57. The van der Waals surface area contributed by atoms with E-state index in [9.17, 15) is 4.79 Å². The summed E-state index contributed by atoms with van der Waals surface area (Å²) in [4.78, 5) is 11.6. The standard InChI is InChI=1S/C11H8N2O/c12-6-7-1-2-9-8(5-7)11(3-4-11)10(14)13-9/h1-2,5H,3-4H2,(H,13,14).